The van der Waals surface area contributed by atoms with Crippen LogP contribution in [0, 0.1) is 11.8 Å². The van der Waals surface area contributed by atoms with Crippen molar-refractivity contribution in [2.75, 3.05) is 0 Å². The smallest absolute Gasteiger partial charge is 0.00922 e. The van der Waals surface area contributed by atoms with Crippen molar-refractivity contribution in [3.8, 4) is 11.8 Å². The quantitative estimate of drug-likeness (QED) is 0.257. The number of hydrogen-bond donors (Lipinski definition) is 0. The van der Waals surface area contributed by atoms with Crippen molar-refractivity contribution in [3.05, 3.63) is 12.7 Å². The fourth-order valence-corrected chi connectivity index (χ4v) is 2.38. The van der Waals surface area contributed by atoms with Gasteiger partial charge in [-0.15, -0.1) is 0 Å². The first-order chi connectivity index (χ1) is 9.41. The number of allylic oxidation sites excluding steroid dienone is 1. The van der Waals surface area contributed by atoms with Gasteiger partial charge in [-0.3, -0.25) is 0 Å². The van der Waals surface area contributed by atoms with Gasteiger partial charge < -0.3 is 0 Å². The molecule has 0 spiro atoms. The first-order valence-corrected chi connectivity index (χ1v) is 8.51. The molecule has 0 radical (unpaired) electrons. The van der Waals surface area contributed by atoms with Crippen LogP contribution in [0.4, 0.5) is 0 Å². The molecule has 0 unspecified atom stereocenters. The van der Waals surface area contributed by atoms with Gasteiger partial charge in [0, 0.05) is 6.42 Å². The largest absolute Gasteiger partial charge is 0.0985 e. The number of rotatable bonds is 13. The minimum Gasteiger partial charge on any atom is -0.0985 e. The van der Waals surface area contributed by atoms with Gasteiger partial charge in [0.2, 0.25) is 0 Å². The second-order valence-electron chi connectivity index (χ2n) is 5.52. The van der Waals surface area contributed by atoms with E-state index in [0.717, 1.165) is 6.42 Å². The molecule has 0 amide bonds. The van der Waals surface area contributed by atoms with Gasteiger partial charge in [0.1, 0.15) is 0 Å². The molecule has 0 aliphatic rings. The van der Waals surface area contributed by atoms with Gasteiger partial charge in [-0.25, -0.2) is 0 Å². The predicted molar refractivity (Wildman–Crippen MR) is 88.3 cm³/mol. The molecule has 110 valence electrons. The molecule has 0 heterocycles. The molecule has 0 aliphatic heterocycles. The van der Waals surface area contributed by atoms with Crippen LogP contribution < -0.4 is 0 Å². The van der Waals surface area contributed by atoms with E-state index < -0.39 is 0 Å². The Labute approximate surface area is 122 Å². The van der Waals surface area contributed by atoms with Crippen molar-refractivity contribution in [2.45, 2.75) is 96.8 Å². The van der Waals surface area contributed by atoms with Crippen molar-refractivity contribution >= 4 is 0 Å². The third kappa shape index (κ3) is 17.3. The summed E-state index contributed by atoms with van der Waals surface area (Å²) in [6, 6.07) is 0. The van der Waals surface area contributed by atoms with Gasteiger partial charge in [-0.05, 0) is 12.5 Å². The van der Waals surface area contributed by atoms with E-state index in [1.807, 2.05) is 0 Å². The van der Waals surface area contributed by atoms with E-state index in [1.165, 1.54) is 83.5 Å². The van der Waals surface area contributed by atoms with Crippen LogP contribution in [0.1, 0.15) is 96.8 Å². The second kappa shape index (κ2) is 17.3. The normalized spacial score (nSPS) is 9.95. The van der Waals surface area contributed by atoms with Crippen LogP contribution in [-0.2, 0) is 0 Å². The minimum atomic E-state index is 1.05. The molecule has 19 heavy (non-hydrogen) atoms. The van der Waals surface area contributed by atoms with Gasteiger partial charge in [-0.2, -0.15) is 0 Å². The molecule has 0 atom stereocenters. The zero-order valence-corrected chi connectivity index (χ0v) is 13.2. The highest BCUT2D eigenvalue weighted by Crippen LogP contribution is 2.12. The fourth-order valence-electron chi connectivity index (χ4n) is 2.38. The standard InChI is InChI=1S/C19H34/c1-3-5-7-9-11-13-15-17-19-18-16-14-12-10-8-6-4-2/h3H,1,4,6,8-19H2,2H3. The zero-order chi connectivity index (χ0) is 14.0. The molecular weight excluding hydrogens is 228 g/mol. The topological polar surface area (TPSA) is 0 Å². The highest BCUT2D eigenvalue weighted by molar-refractivity contribution is 5.11. The van der Waals surface area contributed by atoms with E-state index in [9.17, 15) is 0 Å². The lowest BCUT2D eigenvalue weighted by molar-refractivity contribution is 0.540. The van der Waals surface area contributed by atoms with Crippen LogP contribution in [0.25, 0.3) is 0 Å². The van der Waals surface area contributed by atoms with Crippen LogP contribution in [0.3, 0.4) is 0 Å². The minimum absolute atomic E-state index is 1.05. The monoisotopic (exact) mass is 262 g/mol. The lowest BCUT2D eigenvalue weighted by Gasteiger charge is -2.02. The molecular formula is C19H34. The Bertz CT molecular complexity index is 228. The Morgan fingerprint density at radius 3 is 1.53 bits per heavy atom. The first-order valence-electron chi connectivity index (χ1n) is 8.51. The van der Waals surface area contributed by atoms with E-state index in [0.29, 0.717) is 0 Å². The van der Waals surface area contributed by atoms with E-state index in [4.69, 9.17) is 0 Å². The molecule has 0 heteroatoms. The van der Waals surface area contributed by atoms with E-state index >= 15 is 0 Å². The summed E-state index contributed by atoms with van der Waals surface area (Å²) in [5, 5.41) is 0. The van der Waals surface area contributed by atoms with Crippen molar-refractivity contribution < 1.29 is 0 Å². The van der Waals surface area contributed by atoms with Gasteiger partial charge in [0.15, 0.2) is 0 Å². The van der Waals surface area contributed by atoms with E-state index in [2.05, 4.69) is 25.3 Å². The van der Waals surface area contributed by atoms with Crippen LogP contribution in [0.15, 0.2) is 12.7 Å². The Morgan fingerprint density at radius 2 is 1.11 bits per heavy atom. The highest BCUT2D eigenvalue weighted by Gasteiger charge is 1.93. The molecule has 0 aliphatic carbocycles. The molecule has 0 aromatic rings. The summed E-state index contributed by atoms with van der Waals surface area (Å²) >= 11 is 0. The fraction of sp³-hybridized carbons (Fsp3) is 0.789. The predicted octanol–water partition coefficient (Wildman–Crippen LogP) is 6.66. The molecule has 0 bridgehead atoms. The molecule has 0 N–H and O–H groups in total. The Hall–Kier alpha value is -0.700. The molecule has 0 fully saturated rings. The number of unbranched alkanes of at least 4 members (excludes halogenated alkanes) is 13. The van der Waals surface area contributed by atoms with Gasteiger partial charge >= 0.3 is 0 Å². The molecule has 0 aromatic heterocycles. The maximum absolute atomic E-state index is 3.59. The van der Waals surface area contributed by atoms with E-state index in [1.54, 1.807) is 6.08 Å². The summed E-state index contributed by atoms with van der Waals surface area (Å²) < 4.78 is 0. The lowest BCUT2D eigenvalue weighted by atomic mass is 10.0. The summed E-state index contributed by atoms with van der Waals surface area (Å²) in [5.41, 5.74) is 0. The zero-order valence-electron chi connectivity index (χ0n) is 13.2. The summed E-state index contributed by atoms with van der Waals surface area (Å²) in [5.74, 6) is 6.01. The maximum Gasteiger partial charge on any atom is 0.00922 e. The summed E-state index contributed by atoms with van der Waals surface area (Å²) in [4.78, 5) is 0. The molecule has 0 rings (SSSR count). The van der Waals surface area contributed by atoms with Crippen molar-refractivity contribution in [2.24, 2.45) is 0 Å². The molecule has 0 nitrogen and oxygen atoms in total. The average molecular weight is 262 g/mol. The summed E-state index contributed by atoms with van der Waals surface area (Å²) in [6.45, 7) is 5.87. The number of hydrogen-bond acceptors (Lipinski definition) is 0. The van der Waals surface area contributed by atoms with Crippen LogP contribution in [0.5, 0.6) is 0 Å². The molecule has 0 saturated heterocycles. The first kappa shape index (κ1) is 18.3. The maximum atomic E-state index is 3.59. The SMILES string of the molecule is C=CC#CCCCCCCCCCCCCCCC. The summed E-state index contributed by atoms with van der Waals surface area (Å²) in [7, 11) is 0. The third-order valence-electron chi connectivity index (χ3n) is 3.61. The lowest BCUT2D eigenvalue weighted by Crippen LogP contribution is -1.82. The Balaban J connectivity index is 2.97. The van der Waals surface area contributed by atoms with E-state index in [-0.39, 0.29) is 0 Å². The Kier molecular flexibility index (Phi) is 16.7. The van der Waals surface area contributed by atoms with Gasteiger partial charge in [0.25, 0.3) is 0 Å². The second-order valence-corrected chi connectivity index (χ2v) is 5.52. The highest BCUT2D eigenvalue weighted by atomic mass is 14.0. The van der Waals surface area contributed by atoms with Crippen molar-refractivity contribution in [3.63, 3.8) is 0 Å². The van der Waals surface area contributed by atoms with Gasteiger partial charge in [-0.1, -0.05) is 102 Å². The Morgan fingerprint density at radius 1 is 0.684 bits per heavy atom. The van der Waals surface area contributed by atoms with Crippen molar-refractivity contribution in [1.82, 2.24) is 0 Å². The third-order valence-corrected chi connectivity index (χ3v) is 3.61. The average Bonchev–Trinajstić information content (AvgIpc) is 2.43. The van der Waals surface area contributed by atoms with Gasteiger partial charge in [0.05, 0.1) is 0 Å². The molecule has 0 saturated carbocycles. The summed E-state index contributed by atoms with van der Waals surface area (Å²) in [6.07, 6.45) is 21.1. The van der Waals surface area contributed by atoms with Crippen molar-refractivity contribution in [1.29, 1.82) is 0 Å². The van der Waals surface area contributed by atoms with Crippen LogP contribution in [-0.4, -0.2) is 0 Å². The van der Waals surface area contributed by atoms with Crippen LogP contribution >= 0.6 is 0 Å². The van der Waals surface area contributed by atoms with Crippen LogP contribution in [0.2, 0.25) is 0 Å². The molecule has 0 aromatic carbocycles.